The molecule has 158 valence electrons. The molecule has 1 fully saturated rings. The highest BCUT2D eigenvalue weighted by Crippen LogP contribution is 2.26. The average Bonchev–Trinajstić information content (AvgIpc) is 3.14. The Morgan fingerprint density at radius 3 is 2.97 bits per heavy atom. The minimum absolute atomic E-state index is 0.00103. The number of benzene rings is 1. The van der Waals surface area contributed by atoms with Crippen LogP contribution in [0.15, 0.2) is 36.7 Å². The van der Waals surface area contributed by atoms with Crippen LogP contribution in [0.25, 0.3) is 11.0 Å². The van der Waals surface area contributed by atoms with Crippen LogP contribution in [-0.2, 0) is 11.2 Å². The predicted octanol–water partition coefficient (Wildman–Crippen LogP) is 2.08. The molecule has 1 aromatic carbocycles. The van der Waals surface area contributed by atoms with Crippen LogP contribution in [0.1, 0.15) is 30.8 Å². The Morgan fingerprint density at radius 2 is 2.17 bits per heavy atom. The fraction of sp³-hybridized carbons (Fsp3) is 0.455. The van der Waals surface area contributed by atoms with E-state index in [1.807, 2.05) is 37.3 Å². The molecule has 30 heavy (non-hydrogen) atoms. The van der Waals surface area contributed by atoms with Gasteiger partial charge in [0.1, 0.15) is 18.0 Å². The number of hydrogen-bond donors (Lipinski definition) is 2. The number of H-pyrrole nitrogens is 1. The van der Waals surface area contributed by atoms with Crippen molar-refractivity contribution in [3.05, 3.63) is 48.2 Å². The van der Waals surface area contributed by atoms with Gasteiger partial charge in [0.25, 0.3) is 0 Å². The van der Waals surface area contributed by atoms with Crippen molar-refractivity contribution in [3.8, 4) is 0 Å². The number of nitrogens with one attached hydrogen (secondary N) is 1. The highest BCUT2D eigenvalue weighted by molar-refractivity contribution is 5.77. The number of β-amino-alcohol motifs (C(OH)–C–C–N with tert-alkyl or cyclic N) is 1. The SMILES string of the molecule is Cc1cc(N2CCC[C@](O)(CN(C)C(=O)CCc3nc4ccccc4[nH]3)C2)ncn1. The van der Waals surface area contributed by atoms with Crippen molar-refractivity contribution in [2.45, 2.75) is 38.2 Å². The Hall–Kier alpha value is -3.00. The number of aromatic amines is 1. The van der Waals surface area contributed by atoms with Gasteiger partial charge in [-0.1, -0.05) is 12.1 Å². The number of anilines is 1. The van der Waals surface area contributed by atoms with Crippen LogP contribution in [0, 0.1) is 6.92 Å². The zero-order valence-electron chi connectivity index (χ0n) is 17.5. The van der Waals surface area contributed by atoms with Gasteiger partial charge >= 0.3 is 0 Å². The molecule has 3 aromatic rings. The van der Waals surface area contributed by atoms with Gasteiger partial charge in [-0.25, -0.2) is 15.0 Å². The van der Waals surface area contributed by atoms with E-state index in [0.29, 0.717) is 32.4 Å². The molecule has 8 nitrogen and oxygen atoms in total. The monoisotopic (exact) mass is 408 g/mol. The van der Waals surface area contributed by atoms with Gasteiger partial charge in [0.2, 0.25) is 5.91 Å². The lowest BCUT2D eigenvalue weighted by molar-refractivity contribution is -0.133. The van der Waals surface area contributed by atoms with E-state index < -0.39 is 5.60 Å². The smallest absolute Gasteiger partial charge is 0.222 e. The summed E-state index contributed by atoms with van der Waals surface area (Å²) in [6, 6.07) is 9.76. The van der Waals surface area contributed by atoms with Crippen LogP contribution < -0.4 is 4.90 Å². The lowest BCUT2D eigenvalue weighted by Gasteiger charge is -2.41. The van der Waals surface area contributed by atoms with Crippen molar-refractivity contribution >= 4 is 22.8 Å². The number of imidazole rings is 1. The van der Waals surface area contributed by atoms with E-state index in [0.717, 1.165) is 41.3 Å². The van der Waals surface area contributed by atoms with Gasteiger partial charge in [-0.3, -0.25) is 4.79 Å². The van der Waals surface area contributed by atoms with Gasteiger partial charge in [0, 0.05) is 44.7 Å². The number of para-hydroxylation sites is 2. The highest BCUT2D eigenvalue weighted by Gasteiger charge is 2.35. The summed E-state index contributed by atoms with van der Waals surface area (Å²) in [5.41, 5.74) is 1.82. The Bertz CT molecular complexity index is 1000. The lowest BCUT2D eigenvalue weighted by Crippen LogP contribution is -2.55. The van der Waals surface area contributed by atoms with Crippen LogP contribution in [0.5, 0.6) is 0 Å². The number of amides is 1. The van der Waals surface area contributed by atoms with Crippen molar-refractivity contribution in [2.24, 2.45) is 0 Å². The second kappa shape index (κ2) is 8.39. The molecule has 8 heteroatoms. The first-order valence-corrected chi connectivity index (χ1v) is 10.4. The maximum Gasteiger partial charge on any atom is 0.222 e. The van der Waals surface area contributed by atoms with Crippen molar-refractivity contribution in [1.29, 1.82) is 0 Å². The van der Waals surface area contributed by atoms with Crippen molar-refractivity contribution in [3.63, 3.8) is 0 Å². The summed E-state index contributed by atoms with van der Waals surface area (Å²) in [6.45, 7) is 3.51. The maximum atomic E-state index is 12.7. The quantitative estimate of drug-likeness (QED) is 0.648. The molecule has 1 aliphatic rings. The zero-order chi connectivity index (χ0) is 21.1. The van der Waals surface area contributed by atoms with Crippen molar-refractivity contribution in [2.75, 3.05) is 31.6 Å². The molecule has 0 spiro atoms. The minimum atomic E-state index is -0.957. The number of aliphatic hydroxyl groups is 1. The summed E-state index contributed by atoms with van der Waals surface area (Å²) in [7, 11) is 1.76. The third kappa shape index (κ3) is 4.59. The summed E-state index contributed by atoms with van der Waals surface area (Å²) >= 11 is 0. The van der Waals surface area contributed by atoms with E-state index in [9.17, 15) is 9.90 Å². The second-order valence-corrected chi connectivity index (χ2v) is 8.22. The molecular formula is C22H28N6O2. The van der Waals surface area contributed by atoms with Gasteiger partial charge in [-0.15, -0.1) is 0 Å². The summed E-state index contributed by atoms with van der Waals surface area (Å²) in [5, 5.41) is 11.2. The number of hydrogen-bond acceptors (Lipinski definition) is 6. The number of piperidine rings is 1. The van der Waals surface area contributed by atoms with Crippen molar-refractivity contribution < 1.29 is 9.90 Å². The molecule has 1 saturated heterocycles. The number of rotatable bonds is 6. The third-order valence-corrected chi connectivity index (χ3v) is 5.64. The van der Waals surface area contributed by atoms with Crippen LogP contribution in [0.3, 0.4) is 0 Å². The van der Waals surface area contributed by atoms with E-state index in [-0.39, 0.29) is 5.91 Å². The third-order valence-electron chi connectivity index (χ3n) is 5.64. The molecule has 1 atom stereocenters. The van der Waals surface area contributed by atoms with E-state index in [1.165, 1.54) is 0 Å². The Labute approximate surface area is 176 Å². The first kappa shape index (κ1) is 20.3. The Morgan fingerprint density at radius 1 is 1.33 bits per heavy atom. The summed E-state index contributed by atoms with van der Waals surface area (Å²) in [6.07, 6.45) is 3.95. The average molecular weight is 409 g/mol. The maximum absolute atomic E-state index is 12.7. The molecule has 0 unspecified atom stereocenters. The minimum Gasteiger partial charge on any atom is -0.386 e. The first-order chi connectivity index (χ1) is 14.4. The van der Waals surface area contributed by atoms with E-state index in [2.05, 4.69) is 24.8 Å². The summed E-state index contributed by atoms with van der Waals surface area (Å²) < 4.78 is 0. The van der Waals surface area contributed by atoms with Gasteiger partial charge in [-0.05, 0) is 31.9 Å². The Kier molecular flexibility index (Phi) is 5.67. The zero-order valence-corrected chi connectivity index (χ0v) is 17.5. The molecule has 1 aliphatic heterocycles. The molecule has 3 heterocycles. The van der Waals surface area contributed by atoms with E-state index in [1.54, 1.807) is 18.3 Å². The normalized spacial score (nSPS) is 19.2. The van der Waals surface area contributed by atoms with E-state index >= 15 is 0 Å². The molecule has 0 bridgehead atoms. The molecule has 2 aromatic heterocycles. The van der Waals surface area contributed by atoms with Gasteiger partial charge in [-0.2, -0.15) is 0 Å². The molecular weight excluding hydrogens is 380 g/mol. The number of carbonyl (C=O) groups is 1. The number of carbonyl (C=O) groups excluding carboxylic acids is 1. The van der Waals surface area contributed by atoms with Crippen LogP contribution in [-0.4, -0.2) is 68.1 Å². The molecule has 4 rings (SSSR count). The Balaban J connectivity index is 1.34. The second-order valence-electron chi connectivity index (χ2n) is 8.22. The predicted molar refractivity (Wildman–Crippen MR) is 115 cm³/mol. The number of aryl methyl sites for hydroxylation is 2. The fourth-order valence-corrected chi connectivity index (χ4v) is 4.12. The van der Waals surface area contributed by atoms with Crippen LogP contribution in [0.2, 0.25) is 0 Å². The first-order valence-electron chi connectivity index (χ1n) is 10.4. The fourth-order valence-electron chi connectivity index (χ4n) is 4.12. The van der Waals surface area contributed by atoms with Gasteiger partial charge < -0.3 is 19.9 Å². The topological polar surface area (TPSA) is 98.2 Å². The van der Waals surface area contributed by atoms with E-state index in [4.69, 9.17) is 0 Å². The van der Waals surface area contributed by atoms with Gasteiger partial charge in [0.05, 0.1) is 23.2 Å². The summed E-state index contributed by atoms with van der Waals surface area (Å²) in [5.74, 6) is 1.62. The molecule has 0 radical (unpaired) electrons. The van der Waals surface area contributed by atoms with Crippen LogP contribution in [0.4, 0.5) is 5.82 Å². The standard InChI is InChI=1S/C22H28N6O2/c1-16-12-20(24-15-23-16)28-11-5-10-22(30,14-28)13-27(2)21(29)9-8-19-25-17-6-3-4-7-18(17)26-19/h3-4,6-7,12,15,30H,5,8-11,13-14H2,1-2H3,(H,25,26)/t22-/m0/s1. The van der Waals surface area contributed by atoms with Gasteiger partial charge in [0.15, 0.2) is 0 Å². The lowest BCUT2D eigenvalue weighted by atomic mass is 9.92. The largest absolute Gasteiger partial charge is 0.386 e. The number of fused-ring (bicyclic) bond motifs is 1. The molecule has 0 aliphatic carbocycles. The molecule has 2 N–H and O–H groups in total. The summed E-state index contributed by atoms with van der Waals surface area (Å²) in [4.78, 5) is 32.7. The molecule has 1 amide bonds. The van der Waals surface area contributed by atoms with Crippen molar-refractivity contribution in [1.82, 2.24) is 24.8 Å². The van der Waals surface area contributed by atoms with Crippen LogP contribution >= 0.6 is 0 Å². The number of nitrogens with zero attached hydrogens (tertiary/aromatic N) is 5. The highest BCUT2D eigenvalue weighted by atomic mass is 16.3. The molecule has 0 saturated carbocycles. The number of aromatic nitrogens is 4. The number of likely N-dealkylation sites (N-methyl/N-ethyl adjacent to an activating group) is 1.